The van der Waals surface area contributed by atoms with Crippen molar-refractivity contribution in [1.82, 2.24) is 0 Å². The number of allylic oxidation sites excluding steroid dienone is 2. The van der Waals surface area contributed by atoms with Crippen LogP contribution in [0.2, 0.25) is 0 Å². The maximum absolute atomic E-state index is 12.3. The van der Waals surface area contributed by atoms with Crippen LogP contribution in [0, 0.1) is 41.4 Å². The lowest BCUT2D eigenvalue weighted by Gasteiger charge is -2.64. The first kappa shape index (κ1) is 17.7. The number of fused-ring (bicyclic) bond motifs is 1. The summed E-state index contributed by atoms with van der Waals surface area (Å²) < 4.78 is 8.30. The molecule has 0 N–H and O–H groups in total. The molecule has 0 radical (unpaired) electrons. The first-order valence-corrected chi connectivity index (χ1v) is 8.85. The van der Waals surface area contributed by atoms with Gasteiger partial charge in [-0.3, -0.25) is 9.59 Å². The predicted octanol–water partition coefficient (Wildman–Crippen LogP) is 3.22. The maximum Gasteiger partial charge on any atom is 0.310 e. The number of ether oxygens (including phenoxy) is 2. The lowest BCUT2D eigenvalue weighted by atomic mass is 9.43. The van der Waals surface area contributed by atoms with Gasteiger partial charge in [-0.15, -0.1) is 11.6 Å². The van der Waals surface area contributed by atoms with Crippen LogP contribution >= 0.6 is 46.4 Å². The van der Waals surface area contributed by atoms with Crippen molar-refractivity contribution in [3.63, 3.8) is 0 Å². The molecule has 0 aromatic carbocycles. The van der Waals surface area contributed by atoms with E-state index in [9.17, 15) is 9.59 Å². The Kier molecular flexibility index (Phi) is 4.59. The highest BCUT2D eigenvalue weighted by Crippen LogP contribution is 2.67. The molecule has 8 atom stereocenters. The first-order chi connectivity index (χ1) is 10.7. The number of esters is 2. The Morgan fingerprint density at radius 2 is 1.35 bits per heavy atom. The number of halogens is 4. The van der Waals surface area contributed by atoms with Gasteiger partial charge < -0.3 is 9.47 Å². The molecule has 0 spiro atoms. The number of carbonyl (C=O) groups is 2. The van der Waals surface area contributed by atoms with Crippen LogP contribution in [0.1, 0.15) is 0 Å². The van der Waals surface area contributed by atoms with E-state index in [1.165, 1.54) is 14.2 Å². The fraction of sp³-hybridized carbons (Fsp3) is 0.733. The molecule has 0 heterocycles. The van der Waals surface area contributed by atoms with Gasteiger partial charge in [0.05, 0.1) is 26.1 Å². The summed E-state index contributed by atoms with van der Waals surface area (Å²) in [7, 11) is 2.61. The summed E-state index contributed by atoms with van der Waals surface area (Å²) >= 11 is 24.8. The van der Waals surface area contributed by atoms with Crippen molar-refractivity contribution in [1.29, 1.82) is 0 Å². The third-order valence-corrected chi connectivity index (χ3v) is 6.87. The number of carbonyl (C=O) groups excluding carboxylic acids is 2. The van der Waals surface area contributed by atoms with Gasteiger partial charge in [0.25, 0.3) is 0 Å². The summed E-state index contributed by atoms with van der Waals surface area (Å²) in [6.07, 6.45) is 3.87. The van der Waals surface area contributed by atoms with E-state index in [1.54, 1.807) is 0 Å². The van der Waals surface area contributed by atoms with Gasteiger partial charge >= 0.3 is 11.9 Å². The fourth-order valence-corrected chi connectivity index (χ4v) is 6.44. The van der Waals surface area contributed by atoms with E-state index in [0.29, 0.717) is 0 Å². The van der Waals surface area contributed by atoms with Crippen LogP contribution in [0.4, 0.5) is 0 Å². The molecule has 0 aliphatic heterocycles. The van der Waals surface area contributed by atoms with Crippen molar-refractivity contribution in [3.8, 4) is 0 Å². The second kappa shape index (κ2) is 5.98. The minimum atomic E-state index is -1.51. The van der Waals surface area contributed by atoms with Gasteiger partial charge in [0.1, 0.15) is 0 Å². The molecule has 0 unspecified atom stereocenters. The standard InChI is InChI=1S/C15H16Cl4O4/c1-22-13(20)9-5-3-4-6(10(9)14(21)23-2)8-7(5)11(12(8)16)15(17,18)19/h3-12H,1-2H3/t5-,6+,7+,8+,9+,10-,11-,12+/m0/s1. The Hall–Kier alpha value is -0.160. The van der Waals surface area contributed by atoms with E-state index in [4.69, 9.17) is 55.9 Å². The van der Waals surface area contributed by atoms with Crippen LogP contribution in [-0.2, 0) is 19.1 Å². The van der Waals surface area contributed by atoms with Crippen molar-refractivity contribution >= 4 is 58.3 Å². The van der Waals surface area contributed by atoms with Gasteiger partial charge in [-0.25, -0.2) is 0 Å². The summed E-state index contributed by atoms with van der Waals surface area (Å²) in [6.45, 7) is 0. The largest absolute Gasteiger partial charge is 0.469 e. The fourth-order valence-electron chi connectivity index (χ4n) is 4.71. The molecule has 4 rings (SSSR count). The van der Waals surface area contributed by atoms with Gasteiger partial charge in [-0.2, -0.15) is 0 Å². The Morgan fingerprint density at radius 1 is 0.913 bits per heavy atom. The number of hydrogen-bond donors (Lipinski definition) is 0. The van der Waals surface area contributed by atoms with Crippen molar-refractivity contribution in [2.75, 3.05) is 14.2 Å². The molecule has 0 amide bonds. The van der Waals surface area contributed by atoms with Crippen LogP contribution in [0.25, 0.3) is 0 Å². The van der Waals surface area contributed by atoms with E-state index in [2.05, 4.69) is 0 Å². The lowest BCUT2D eigenvalue weighted by molar-refractivity contribution is -0.178. The molecular formula is C15H16Cl4O4. The van der Waals surface area contributed by atoms with Crippen molar-refractivity contribution in [2.45, 2.75) is 9.17 Å². The minimum absolute atomic E-state index is 0.0164. The summed E-state index contributed by atoms with van der Waals surface area (Å²) in [5.74, 6) is -3.04. The molecule has 2 saturated carbocycles. The van der Waals surface area contributed by atoms with Gasteiger partial charge in [-0.1, -0.05) is 47.0 Å². The van der Waals surface area contributed by atoms with E-state index >= 15 is 0 Å². The Labute approximate surface area is 154 Å². The van der Waals surface area contributed by atoms with E-state index < -0.39 is 27.6 Å². The average Bonchev–Trinajstić information content (AvgIpc) is 2.49. The molecule has 23 heavy (non-hydrogen) atoms. The summed E-state index contributed by atoms with van der Waals surface area (Å²) in [6, 6.07) is 0. The normalized spacial score (nSPS) is 44.3. The highest BCUT2D eigenvalue weighted by atomic mass is 35.6. The van der Waals surface area contributed by atoms with Gasteiger partial charge in [-0.05, 0) is 23.7 Å². The molecule has 4 aliphatic rings. The van der Waals surface area contributed by atoms with Crippen molar-refractivity contribution < 1.29 is 19.1 Å². The van der Waals surface area contributed by atoms with Crippen LogP contribution in [-0.4, -0.2) is 35.3 Å². The average molecular weight is 402 g/mol. The molecule has 0 saturated heterocycles. The summed E-state index contributed by atoms with van der Waals surface area (Å²) in [5, 5.41) is -0.365. The van der Waals surface area contributed by atoms with Crippen LogP contribution in [0.3, 0.4) is 0 Å². The number of alkyl halides is 4. The zero-order chi connectivity index (χ0) is 17.1. The van der Waals surface area contributed by atoms with Gasteiger partial charge in [0, 0.05) is 11.3 Å². The molecule has 0 aromatic rings. The Bertz CT molecular complexity index is 558. The van der Waals surface area contributed by atoms with E-state index in [-0.39, 0.29) is 35.0 Å². The van der Waals surface area contributed by atoms with Crippen LogP contribution in [0.5, 0.6) is 0 Å². The highest BCUT2D eigenvalue weighted by molar-refractivity contribution is 6.68. The maximum atomic E-state index is 12.3. The third kappa shape index (κ3) is 2.48. The first-order valence-electron chi connectivity index (χ1n) is 7.28. The lowest BCUT2D eigenvalue weighted by Crippen LogP contribution is -2.67. The van der Waals surface area contributed by atoms with E-state index in [0.717, 1.165) is 0 Å². The second-order valence-corrected chi connectivity index (χ2v) is 9.18. The zero-order valence-corrected chi connectivity index (χ0v) is 15.4. The number of hydrogen-bond acceptors (Lipinski definition) is 4. The molecule has 2 bridgehead atoms. The van der Waals surface area contributed by atoms with Gasteiger partial charge in [0.15, 0.2) is 3.79 Å². The molecular weight excluding hydrogens is 386 g/mol. The second-order valence-electron chi connectivity index (χ2n) is 6.30. The smallest absolute Gasteiger partial charge is 0.310 e. The minimum Gasteiger partial charge on any atom is -0.469 e. The number of methoxy groups -OCH3 is 2. The van der Waals surface area contributed by atoms with E-state index in [1.807, 2.05) is 12.2 Å². The zero-order valence-electron chi connectivity index (χ0n) is 12.4. The monoisotopic (exact) mass is 400 g/mol. The summed E-state index contributed by atoms with van der Waals surface area (Å²) in [4.78, 5) is 24.6. The molecule has 8 heteroatoms. The van der Waals surface area contributed by atoms with Gasteiger partial charge in [0.2, 0.25) is 0 Å². The number of rotatable bonds is 2. The van der Waals surface area contributed by atoms with Crippen molar-refractivity contribution in [2.24, 2.45) is 41.4 Å². The van der Waals surface area contributed by atoms with Crippen LogP contribution in [0.15, 0.2) is 12.2 Å². The Balaban J connectivity index is 2.01. The molecule has 4 aliphatic carbocycles. The van der Waals surface area contributed by atoms with Crippen molar-refractivity contribution in [3.05, 3.63) is 12.2 Å². The third-order valence-electron chi connectivity index (χ3n) is 5.56. The Morgan fingerprint density at radius 3 is 1.74 bits per heavy atom. The highest BCUT2D eigenvalue weighted by Gasteiger charge is 2.69. The summed E-state index contributed by atoms with van der Waals surface area (Å²) in [5.41, 5.74) is 0. The predicted molar refractivity (Wildman–Crippen MR) is 87.5 cm³/mol. The topological polar surface area (TPSA) is 52.6 Å². The molecule has 2 fully saturated rings. The quantitative estimate of drug-likeness (QED) is 0.405. The molecule has 0 aromatic heterocycles. The molecule has 128 valence electrons. The molecule has 4 nitrogen and oxygen atoms in total. The SMILES string of the molecule is COC(=O)[C@@H]1[C@H]2C=C[C@@H]([C@@H]1C(=O)OC)[C@H]1[C@@H](Cl)[C@@H](C(Cl)(Cl)Cl)[C@H]21. The van der Waals surface area contributed by atoms with Crippen LogP contribution < -0.4 is 0 Å².